The summed E-state index contributed by atoms with van der Waals surface area (Å²) < 4.78 is 5.62. The molecule has 3 nitrogen and oxygen atoms in total. The zero-order chi connectivity index (χ0) is 12.9. The topological polar surface area (TPSA) is 59.0 Å². The summed E-state index contributed by atoms with van der Waals surface area (Å²) in [4.78, 5) is 0. The van der Waals surface area contributed by atoms with Crippen LogP contribution in [0.5, 0.6) is 5.75 Å². The van der Waals surface area contributed by atoms with Gasteiger partial charge in [-0.05, 0) is 25.0 Å². The second kappa shape index (κ2) is 5.90. The molecule has 0 unspecified atom stereocenters. The summed E-state index contributed by atoms with van der Waals surface area (Å²) in [7, 11) is 0. The number of rotatable bonds is 5. The van der Waals surface area contributed by atoms with E-state index in [1.807, 2.05) is 19.9 Å². The van der Waals surface area contributed by atoms with E-state index >= 15 is 0 Å². The average molecular weight is 253 g/mol. The lowest BCUT2D eigenvalue weighted by atomic mass is 9.95. The summed E-state index contributed by atoms with van der Waals surface area (Å²) in [6.07, 6.45) is 1.65. The van der Waals surface area contributed by atoms with Crippen molar-refractivity contribution in [3.63, 3.8) is 0 Å². The van der Waals surface area contributed by atoms with E-state index in [-0.39, 0.29) is 5.54 Å². The van der Waals surface area contributed by atoms with Crippen molar-refractivity contribution in [3.05, 3.63) is 28.8 Å². The Kier molecular flexibility index (Phi) is 4.80. The molecule has 1 rings (SSSR count). The summed E-state index contributed by atoms with van der Waals surface area (Å²) in [6, 6.07) is 7.20. The summed E-state index contributed by atoms with van der Waals surface area (Å²) >= 11 is 5.91. The number of nitriles is 1. The van der Waals surface area contributed by atoms with Gasteiger partial charge in [0, 0.05) is 5.54 Å². The zero-order valence-electron chi connectivity index (χ0n) is 10.2. The van der Waals surface area contributed by atoms with Crippen molar-refractivity contribution in [2.75, 3.05) is 6.61 Å². The highest BCUT2D eigenvalue weighted by atomic mass is 35.5. The van der Waals surface area contributed by atoms with Crippen molar-refractivity contribution >= 4 is 11.6 Å². The molecule has 1 aromatic rings. The third-order valence-electron chi connectivity index (χ3n) is 3.01. The molecule has 0 spiro atoms. The average Bonchev–Trinajstić information content (AvgIpc) is 2.36. The number of hydrogen-bond acceptors (Lipinski definition) is 3. The van der Waals surface area contributed by atoms with E-state index < -0.39 is 0 Å². The Morgan fingerprint density at radius 3 is 2.59 bits per heavy atom. The van der Waals surface area contributed by atoms with Crippen LogP contribution >= 0.6 is 11.6 Å². The minimum absolute atomic E-state index is 0.352. The van der Waals surface area contributed by atoms with Crippen LogP contribution in [0.25, 0.3) is 0 Å². The van der Waals surface area contributed by atoms with Gasteiger partial charge in [-0.3, -0.25) is 0 Å². The second-order valence-electron chi connectivity index (χ2n) is 4.08. The Balaban J connectivity index is 2.83. The normalized spacial score (nSPS) is 11.0. The first-order valence-electron chi connectivity index (χ1n) is 5.66. The quantitative estimate of drug-likeness (QED) is 0.876. The Morgan fingerprint density at radius 2 is 2.06 bits per heavy atom. The Morgan fingerprint density at radius 1 is 1.41 bits per heavy atom. The van der Waals surface area contributed by atoms with E-state index in [0.29, 0.717) is 22.9 Å². The molecular formula is C13H17ClN2O. The molecule has 17 heavy (non-hydrogen) atoms. The summed E-state index contributed by atoms with van der Waals surface area (Å²) in [5, 5.41) is 9.40. The van der Waals surface area contributed by atoms with Gasteiger partial charge in [0.05, 0.1) is 5.02 Å². The van der Waals surface area contributed by atoms with E-state index in [1.54, 1.807) is 18.2 Å². The molecule has 2 N–H and O–H groups in total. The van der Waals surface area contributed by atoms with Gasteiger partial charge in [0.2, 0.25) is 0 Å². The molecule has 0 amide bonds. The molecule has 1 aromatic carbocycles. The van der Waals surface area contributed by atoms with Crippen LogP contribution in [0.2, 0.25) is 5.02 Å². The van der Waals surface area contributed by atoms with Gasteiger partial charge in [0.15, 0.2) is 0 Å². The van der Waals surface area contributed by atoms with Crippen molar-refractivity contribution in [1.29, 1.82) is 5.26 Å². The van der Waals surface area contributed by atoms with Gasteiger partial charge in [-0.25, -0.2) is 0 Å². The third-order valence-corrected chi connectivity index (χ3v) is 3.33. The first-order chi connectivity index (χ1) is 8.06. The van der Waals surface area contributed by atoms with Crippen LogP contribution in [0.15, 0.2) is 18.2 Å². The fourth-order valence-corrected chi connectivity index (χ4v) is 1.62. The molecule has 4 heteroatoms. The lowest BCUT2D eigenvalue weighted by Crippen LogP contribution is -2.44. The van der Waals surface area contributed by atoms with Crippen molar-refractivity contribution < 1.29 is 4.74 Å². The number of nitrogens with two attached hydrogens (primary N) is 1. The maximum atomic E-state index is 9.00. The van der Waals surface area contributed by atoms with Crippen LogP contribution in [-0.2, 0) is 0 Å². The molecule has 0 aliphatic heterocycles. The van der Waals surface area contributed by atoms with Gasteiger partial charge >= 0.3 is 0 Å². The fourth-order valence-electron chi connectivity index (χ4n) is 1.41. The van der Waals surface area contributed by atoms with Gasteiger partial charge < -0.3 is 10.5 Å². The maximum absolute atomic E-state index is 9.00. The Bertz CT molecular complexity index is 422. The molecule has 0 saturated carbocycles. The standard InChI is InChI=1S/C13H17ClN2O/c1-3-13(16,4-2)9-17-12-7-5-6-11(14)10(12)8-15/h5-7H,3-4,9,16H2,1-2H3. The predicted molar refractivity (Wildman–Crippen MR) is 69.2 cm³/mol. The van der Waals surface area contributed by atoms with Crippen molar-refractivity contribution in [1.82, 2.24) is 0 Å². The molecule has 92 valence electrons. The minimum atomic E-state index is -0.352. The Hall–Kier alpha value is -1.24. The number of nitrogens with zero attached hydrogens (tertiary/aromatic N) is 1. The van der Waals surface area contributed by atoms with E-state index in [2.05, 4.69) is 0 Å². The molecule has 0 atom stereocenters. The van der Waals surface area contributed by atoms with Gasteiger partial charge in [-0.2, -0.15) is 5.26 Å². The van der Waals surface area contributed by atoms with E-state index in [9.17, 15) is 0 Å². The molecule has 0 aliphatic carbocycles. The highest BCUT2D eigenvalue weighted by Gasteiger charge is 2.22. The van der Waals surface area contributed by atoms with Gasteiger partial charge in [-0.15, -0.1) is 0 Å². The molecule has 0 fully saturated rings. The van der Waals surface area contributed by atoms with Crippen molar-refractivity contribution in [2.24, 2.45) is 5.73 Å². The van der Waals surface area contributed by atoms with Crippen molar-refractivity contribution in [2.45, 2.75) is 32.2 Å². The lowest BCUT2D eigenvalue weighted by Gasteiger charge is -2.26. The third kappa shape index (κ3) is 3.36. The number of benzene rings is 1. The molecule has 0 aliphatic rings. The van der Waals surface area contributed by atoms with Gasteiger partial charge in [0.1, 0.15) is 24.0 Å². The molecule has 0 radical (unpaired) electrons. The molecule has 0 bridgehead atoms. The van der Waals surface area contributed by atoms with Crippen molar-refractivity contribution in [3.8, 4) is 11.8 Å². The summed E-state index contributed by atoms with van der Waals surface area (Å²) in [5.41, 5.74) is 6.15. The molecule has 0 aromatic heterocycles. The van der Waals surface area contributed by atoms with E-state index in [4.69, 9.17) is 27.3 Å². The molecule has 0 heterocycles. The SMILES string of the molecule is CCC(N)(CC)COc1cccc(Cl)c1C#N. The molecular weight excluding hydrogens is 236 g/mol. The first kappa shape index (κ1) is 13.8. The largest absolute Gasteiger partial charge is 0.490 e. The van der Waals surface area contributed by atoms with Crippen LogP contribution in [0, 0.1) is 11.3 Å². The van der Waals surface area contributed by atoms with E-state index in [0.717, 1.165) is 12.8 Å². The monoisotopic (exact) mass is 252 g/mol. The lowest BCUT2D eigenvalue weighted by molar-refractivity contribution is 0.206. The number of hydrogen-bond donors (Lipinski definition) is 1. The maximum Gasteiger partial charge on any atom is 0.138 e. The second-order valence-corrected chi connectivity index (χ2v) is 4.49. The van der Waals surface area contributed by atoms with Crippen LogP contribution in [0.1, 0.15) is 32.3 Å². The zero-order valence-corrected chi connectivity index (χ0v) is 10.9. The summed E-state index contributed by atoms with van der Waals surface area (Å²) in [6.45, 7) is 4.43. The Labute approximate surface area is 107 Å². The minimum Gasteiger partial charge on any atom is -0.490 e. The van der Waals surface area contributed by atoms with Gasteiger partial charge in [-0.1, -0.05) is 31.5 Å². The van der Waals surface area contributed by atoms with Crippen LogP contribution < -0.4 is 10.5 Å². The van der Waals surface area contributed by atoms with E-state index in [1.165, 1.54) is 0 Å². The fraction of sp³-hybridized carbons (Fsp3) is 0.462. The van der Waals surface area contributed by atoms with Gasteiger partial charge in [0.25, 0.3) is 0 Å². The first-order valence-corrected chi connectivity index (χ1v) is 6.04. The molecule has 0 saturated heterocycles. The van der Waals surface area contributed by atoms with Crippen LogP contribution in [-0.4, -0.2) is 12.1 Å². The summed E-state index contributed by atoms with van der Waals surface area (Å²) in [5.74, 6) is 0.497. The smallest absolute Gasteiger partial charge is 0.138 e. The number of halogens is 1. The predicted octanol–water partition coefficient (Wildman–Crippen LogP) is 3.11. The highest BCUT2D eigenvalue weighted by molar-refractivity contribution is 6.31. The van der Waals surface area contributed by atoms with Crippen LogP contribution in [0.4, 0.5) is 0 Å². The van der Waals surface area contributed by atoms with Crippen LogP contribution in [0.3, 0.4) is 0 Å². The number of ether oxygens (including phenoxy) is 1. The highest BCUT2D eigenvalue weighted by Crippen LogP contribution is 2.26.